The van der Waals surface area contributed by atoms with Crippen molar-refractivity contribution < 1.29 is 17.9 Å². The van der Waals surface area contributed by atoms with E-state index in [9.17, 15) is 13.2 Å². The van der Waals surface area contributed by atoms with E-state index in [0.717, 1.165) is 5.56 Å². The van der Waals surface area contributed by atoms with E-state index in [1.54, 1.807) is 31.4 Å². The van der Waals surface area contributed by atoms with Crippen molar-refractivity contribution in [2.45, 2.75) is 31.5 Å². The molecule has 0 saturated carbocycles. The fourth-order valence-electron chi connectivity index (χ4n) is 1.54. The van der Waals surface area contributed by atoms with Gasteiger partial charge in [0.05, 0.1) is 7.11 Å². The number of methoxy groups -OCH3 is 1. The van der Waals surface area contributed by atoms with Crippen LogP contribution < -0.4 is 10.5 Å². The van der Waals surface area contributed by atoms with E-state index in [4.69, 9.17) is 10.5 Å². The normalized spacial score (nSPS) is 13.5. The highest BCUT2D eigenvalue weighted by Gasteiger charge is 2.26. The monoisotopic (exact) mass is 247 g/mol. The number of rotatable bonds is 5. The zero-order valence-electron chi connectivity index (χ0n) is 9.63. The Hall–Kier alpha value is -1.23. The second-order valence-corrected chi connectivity index (χ2v) is 3.89. The molecule has 2 nitrogen and oxygen atoms in total. The first-order valence-corrected chi connectivity index (χ1v) is 5.38. The SMILES string of the molecule is COc1ccc(C(N)CCCC(F)(F)F)cc1. The first-order chi connectivity index (χ1) is 7.92. The van der Waals surface area contributed by atoms with Crippen molar-refractivity contribution in [2.75, 3.05) is 7.11 Å². The Morgan fingerprint density at radius 2 is 1.82 bits per heavy atom. The van der Waals surface area contributed by atoms with Gasteiger partial charge in [-0.2, -0.15) is 13.2 Å². The Kier molecular flexibility index (Phi) is 4.81. The zero-order chi connectivity index (χ0) is 12.9. The molecule has 17 heavy (non-hydrogen) atoms. The fourth-order valence-corrected chi connectivity index (χ4v) is 1.54. The smallest absolute Gasteiger partial charge is 0.389 e. The molecule has 0 aromatic heterocycles. The highest BCUT2D eigenvalue weighted by Crippen LogP contribution is 2.25. The Morgan fingerprint density at radius 3 is 2.29 bits per heavy atom. The summed E-state index contributed by atoms with van der Waals surface area (Å²) < 4.78 is 40.8. The standard InChI is InChI=1S/C12H16F3NO/c1-17-10-6-4-9(5-7-10)11(16)3-2-8-12(13,14)15/h4-7,11H,2-3,8,16H2,1H3. The number of halogens is 3. The second-order valence-electron chi connectivity index (χ2n) is 3.89. The van der Waals surface area contributed by atoms with Crippen LogP contribution in [-0.2, 0) is 0 Å². The number of alkyl halides is 3. The fraction of sp³-hybridized carbons (Fsp3) is 0.500. The average molecular weight is 247 g/mol. The molecule has 2 N–H and O–H groups in total. The second kappa shape index (κ2) is 5.91. The molecule has 0 amide bonds. The van der Waals surface area contributed by atoms with E-state index >= 15 is 0 Å². The van der Waals surface area contributed by atoms with Gasteiger partial charge in [0.15, 0.2) is 0 Å². The molecule has 5 heteroatoms. The van der Waals surface area contributed by atoms with Crippen LogP contribution in [0.2, 0.25) is 0 Å². The molecule has 1 rings (SSSR count). The summed E-state index contributed by atoms with van der Waals surface area (Å²) in [5.74, 6) is 0.705. The van der Waals surface area contributed by atoms with Gasteiger partial charge >= 0.3 is 6.18 Å². The van der Waals surface area contributed by atoms with Crippen molar-refractivity contribution in [3.8, 4) is 5.75 Å². The summed E-state index contributed by atoms with van der Waals surface area (Å²) in [6.45, 7) is 0. The van der Waals surface area contributed by atoms with Crippen molar-refractivity contribution in [1.29, 1.82) is 0 Å². The maximum atomic E-state index is 11.9. The van der Waals surface area contributed by atoms with Crippen molar-refractivity contribution in [3.63, 3.8) is 0 Å². The third kappa shape index (κ3) is 5.08. The highest BCUT2D eigenvalue weighted by atomic mass is 19.4. The van der Waals surface area contributed by atoms with E-state index in [1.165, 1.54) is 0 Å². The maximum absolute atomic E-state index is 11.9. The molecule has 1 unspecified atom stereocenters. The maximum Gasteiger partial charge on any atom is 0.389 e. The molecular formula is C12H16F3NO. The lowest BCUT2D eigenvalue weighted by Crippen LogP contribution is -2.13. The molecule has 0 fully saturated rings. The van der Waals surface area contributed by atoms with Crippen molar-refractivity contribution in [2.24, 2.45) is 5.73 Å². The van der Waals surface area contributed by atoms with Crippen LogP contribution in [0.5, 0.6) is 5.75 Å². The van der Waals surface area contributed by atoms with Crippen molar-refractivity contribution in [3.05, 3.63) is 29.8 Å². The van der Waals surface area contributed by atoms with Gasteiger partial charge in [0.2, 0.25) is 0 Å². The molecule has 0 aliphatic heterocycles. The molecule has 1 aromatic rings. The van der Waals surface area contributed by atoms with Crippen LogP contribution in [0.4, 0.5) is 13.2 Å². The van der Waals surface area contributed by atoms with Gasteiger partial charge < -0.3 is 10.5 Å². The Morgan fingerprint density at radius 1 is 1.24 bits per heavy atom. The van der Waals surface area contributed by atoms with E-state index < -0.39 is 12.6 Å². The summed E-state index contributed by atoms with van der Waals surface area (Å²) in [4.78, 5) is 0. The molecule has 0 saturated heterocycles. The van der Waals surface area contributed by atoms with Gasteiger partial charge in [-0.25, -0.2) is 0 Å². The number of ether oxygens (including phenoxy) is 1. The predicted molar refractivity (Wildman–Crippen MR) is 59.8 cm³/mol. The lowest BCUT2D eigenvalue weighted by molar-refractivity contribution is -0.135. The Balaban J connectivity index is 2.43. The number of benzene rings is 1. The van der Waals surface area contributed by atoms with Gasteiger partial charge in [-0.05, 0) is 30.5 Å². The van der Waals surface area contributed by atoms with Crippen LogP contribution in [0.3, 0.4) is 0 Å². The van der Waals surface area contributed by atoms with Crippen molar-refractivity contribution >= 4 is 0 Å². The number of hydrogen-bond acceptors (Lipinski definition) is 2. The largest absolute Gasteiger partial charge is 0.497 e. The summed E-state index contributed by atoms with van der Waals surface area (Å²) in [7, 11) is 1.55. The lowest BCUT2D eigenvalue weighted by atomic mass is 10.0. The zero-order valence-corrected chi connectivity index (χ0v) is 9.63. The molecule has 96 valence electrons. The summed E-state index contributed by atoms with van der Waals surface area (Å²) >= 11 is 0. The molecule has 0 heterocycles. The number of nitrogens with two attached hydrogens (primary N) is 1. The summed E-state index contributed by atoms with van der Waals surface area (Å²) in [5, 5.41) is 0. The van der Waals surface area contributed by atoms with E-state index in [1.807, 2.05) is 0 Å². The molecule has 0 spiro atoms. The third-order valence-corrected chi connectivity index (χ3v) is 2.52. The first-order valence-electron chi connectivity index (χ1n) is 5.38. The van der Waals surface area contributed by atoms with Crippen LogP contribution >= 0.6 is 0 Å². The molecule has 0 aliphatic carbocycles. The summed E-state index contributed by atoms with van der Waals surface area (Å²) in [6, 6.07) is 6.69. The van der Waals surface area contributed by atoms with Crippen LogP contribution in [0.25, 0.3) is 0 Å². The van der Waals surface area contributed by atoms with Gasteiger partial charge in [0.25, 0.3) is 0 Å². The molecule has 1 atom stereocenters. The van der Waals surface area contributed by atoms with Gasteiger partial charge in [0.1, 0.15) is 5.75 Å². The van der Waals surface area contributed by atoms with Crippen LogP contribution in [0.15, 0.2) is 24.3 Å². The van der Waals surface area contributed by atoms with Crippen LogP contribution in [0, 0.1) is 0 Å². The predicted octanol–water partition coefficient (Wildman–Crippen LogP) is 3.43. The van der Waals surface area contributed by atoms with Gasteiger partial charge in [0, 0.05) is 12.5 Å². The van der Waals surface area contributed by atoms with E-state index in [0.29, 0.717) is 12.2 Å². The Labute approximate surface area is 98.6 Å². The van der Waals surface area contributed by atoms with Gasteiger partial charge in [-0.1, -0.05) is 12.1 Å². The van der Waals surface area contributed by atoms with Gasteiger partial charge in [-0.15, -0.1) is 0 Å². The van der Waals surface area contributed by atoms with Crippen molar-refractivity contribution in [1.82, 2.24) is 0 Å². The van der Waals surface area contributed by atoms with E-state index in [-0.39, 0.29) is 12.5 Å². The quantitative estimate of drug-likeness (QED) is 0.865. The molecule has 0 aliphatic rings. The van der Waals surface area contributed by atoms with E-state index in [2.05, 4.69) is 0 Å². The van der Waals surface area contributed by atoms with Gasteiger partial charge in [-0.3, -0.25) is 0 Å². The minimum Gasteiger partial charge on any atom is -0.497 e. The highest BCUT2D eigenvalue weighted by molar-refractivity contribution is 5.28. The van der Waals surface area contributed by atoms with Crippen LogP contribution in [0.1, 0.15) is 30.9 Å². The molecule has 0 bridgehead atoms. The lowest BCUT2D eigenvalue weighted by Gasteiger charge is -2.13. The molecule has 1 aromatic carbocycles. The topological polar surface area (TPSA) is 35.2 Å². The summed E-state index contributed by atoms with van der Waals surface area (Å²) in [6.07, 6.45) is -4.50. The molecular weight excluding hydrogens is 231 g/mol. The summed E-state index contributed by atoms with van der Waals surface area (Å²) in [5.41, 5.74) is 6.63. The first kappa shape index (κ1) is 13.8. The molecule has 0 radical (unpaired) electrons. The third-order valence-electron chi connectivity index (χ3n) is 2.52. The average Bonchev–Trinajstić information content (AvgIpc) is 2.27. The van der Waals surface area contributed by atoms with Crippen LogP contribution in [-0.4, -0.2) is 13.3 Å². The minimum absolute atomic E-state index is 0.0523. The Bertz CT molecular complexity index is 335. The number of hydrogen-bond donors (Lipinski definition) is 1. The minimum atomic E-state index is -4.10.